The molecule has 0 amide bonds. The highest BCUT2D eigenvalue weighted by Gasteiger charge is 2.18. The van der Waals surface area contributed by atoms with Crippen molar-refractivity contribution in [2.24, 2.45) is 11.8 Å². The molecule has 1 nitrogen and oxygen atoms in total. The second-order valence-corrected chi connectivity index (χ2v) is 3.65. The van der Waals surface area contributed by atoms with E-state index in [0.29, 0.717) is 12.0 Å². The average Bonchev–Trinajstić information content (AvgIpc) is 2.00. The van der Waals surface area contributed by atoms with Crippen LogP contribution in [0.25, 0.3) is 0 Å². The Hall–Kier alpha value is 0.0249. The van der Waals surface area contributed by atoms with Crippen molar-refractivity contribution in [3.05, 3.63) is 0 Å². The highest BCUT2D eigenvalue weighted by molar-refractivity contribution is 6.04. The van der Waals surface area contributed by atoms with Crippen LogP contribution >= 0.6 is 0 Å². The van der Waals surface area contributed by atoms with Crippen LogP contribution in [0.15, 0.2) is 0 Å². The Morgan fingerprint density at radius 1 is 1.27 bits per heavy atom. The molecule has 0 aliphatic heterocycles. The molecule has 0 heterocycles. The van der Waals surface area contributed by atoms with E-state index >= 15 is 0 Å². The standard InChI is InChI=1S/C9H20BN/c1-6-7(2)8(3)9(4)11(5)10/h7-9H,6H2,1-5H3/t7-,8?,9?/m1/s1. The fraction of sp³-hybridized carbons (Fsp3) is 1.00. The van der Waals surface area contributed by atoms with Gasteiger partial charge in [-0.2, -0.15) is 0 Å². The van der Waals surface area contributed by atoms with Gasteiger partial charge in [-0.1, -0.05) is 34.1 Å². The first kappa shape index (κ1) is 11.0. The van der Waals surface area contributed by atoms with Crippen molar-refractivity contribution in [1.29, 1.82) is 0 Å². The van der Waals surface area contributed by atoms with Crippen LogP contribution < -0.4 is 0 Å². The maximum absolute atomic E-state index is 5.66. The highest BCUT2D eigenvalue weighted by atomic mass is 15.0. The minimum absolute atomic E-state index is 0.477. The number of hydrogen-bond acceptors (Lipinski definition) is 1. The largest absolute Gasteiger partial charge is 0.354 e. The van der Waals surface area contributed by atoms with Gasteiger partial charge >= 0.3 is 0 Å². The Kier molecular flexibility index (Phi) is 4.82. The zero-order valence-corrected chi connectivity index (χ0v) is 8.46. The molecule has 0 aromatic carbocycles. The van der Waals surface area contributed by atoms with Crippen molar-refractivity contribution in [3.8, 4) is 0 Å². The minimum atomic E-state index is 0.477. The maximum Gasteiger partial charge on any atom is 0.182 e. The summed E-state index contributed by atoms with van der Waals surface area (Å²) < 4.78 is 0. The zero-order valence-electron chi connectivity index (χ0n) is 8.46. The van der Waals surface area contributed by atoms with Crippen LogP contribution in [-0.2, 0) is 0 Å². The molecular formula is C9H20BN. The van der Waals surface area contributed by atoms with Crippen molar-refractivity contribution in [3.63, 3.8) is 0 Å². The third kappa shape index (κ3) is 3.28. The van der Waals surface area contributed by atoms with Crippen molar-refractivity contribution >= 4 is 7.98 Å². The molecule has 64 valence electrons. The zero-order chi connectivity index (χ0) is 9.02. The monoisotopic (exact) mass is 153 g/mol. The SMILES string of the molecule is [B]N(C)C(C)C(C)[C@H](C)CC. The molecule has 0 bridgehead atoms. The van der Waals surface area contributed by atoms with Crippen LogP contribution in [0.5, 0.6) is 0 Å². The van der Waals surface area contributed by atoms with Gasteiger partial charge in [0.15, 0.2) is 7.98 Å². The van der Waals surface area contributed by atoms with Crippen molar-refractivity contribution in [2.75, 3.05) is 7.05 Å². The fourth-order valence-corrected chi connectivity index (χ4v) is 1.22. The van der Waals surface area contributed by atoms with Crippen LogP contribution in [0.4, 0.5) is 0 Å². The first-order chi connectivity index (χ1) is 5.00. The molecule has 0 aliphatic rings. The molecule has 0 rings (SSSR count). The molecule has 11 heavy (non-hydrogen) atoms. The van der Waals surface area contributed by atoms with E-state index in [1.807, 2.05) is 7.05 Å². The molecule has 3 atom stereocenters. The van der Waals surface area contributed by atoms with E-state index in [2.05, 4.69) is 27.7 Å². The molecule has 0 fully saturated rings. The quantitative estimate of drug-likeness (QED) is 0.559. The van der Waals surface area contributed by atoms with Gasteiger partial charge < -0.3 is 4.81 Å². The van der Waals surface area contributed by atoms with Gasteiger partial charge in [-0.05, 0) is 24.9 Å². The lowest BCUT2D eigenvalue weighted by molar-refractivity contribution is 0.237. The summed E-state index contributed by atoms with van der Waals surface area (Å²) in [6.45, 7) is 8.95. The first-order valence-corrected chi connectivity index (χ1v) is 4.48. The Balaban J connectivity index is 3.90. The van der Waals surface area contributed by atoms with Gasteiger partial charge in [0.05, 0.1) is 0 Å². The lowest BCUT2D eigenvalue weighted by Crippen LogP contribution is -2.35. The molecule has 0 saturated heterocycles. The summed E-state index contributed by atoms with van der Waals surface area (Å²) in [5, 5.41) is 0. The Labute approximate surface area is 72.6 Å². The van der Waals surface area contributed by atoms with Crippen LogP contribution in [0.1, 0.15) is 34.1 Å². The molecule has 2 unspecified atom stereocenters. The van der Waals surface area contributed by atoms with Gasteiger partial charge in [-0.3, -0.25) is 0 Å². The number of rotatable bonds is 4. The van der Waals surface area contributed by atoms with E-state index < -0.39 is 0 Å². The van der Waals surface area contributed by atoms with Crippen LogP contribution in [0.3, 0.4) is 0 Å². The Morgan fingerprint density at radius 3 is 2.00 bits per heavy atom. The molecule has 0 aliphatic carbocycles. The first-order valence-electron chi connectivity index (χ1n) is 4.48. The third-order valence-electron chi connectivity index (χ3n) is 2.94. The van der Waals surface area contributed by atoms with E-state index in [0.717, 1.165) is 5.92 Å². The van der Waals surface area contributed by atoms with Crippen LogP contribution in [-0.4, -0.2) is 25.9 Å². The third-order valence-corrected chi connectivity index (χ3v) is 2.94. The van der Waals surface area contributed by atoms with Crippen molar-refractivity contribution in [1.82, 2.24) is 4.81 Å². The normalized spacial score (nSPS) is 19.8. The molecule has 0 N–H and O–H groups in total. The van der Waals surface area contributed by atoms with Gasteiger partial charge in [0.2, 0.25) is 0 Å². The van der Waals surface area contributed by atoms with Gasteiger partial charge in [-0.15, -0.1) is 0 Å². The summed E-state index contributed by atoms with van der Waals surface area (Å²) >= 11 is 0. The number of hydrogen-bond donors (Lipinski definition) is 0. The lowest BCUT2D eigenvalue weighted by atomic mass is 9.86. The van der Waals surface area contributed by atoms with E-state index in [4.69, 9.17) is 7.98 Å². The summed E-state index contributed by atoms with van der Waals surface area (Å²) in [5.74, 6) is 1.44. The topological polar surface area (TPSA) is 3.24 Å². The molecule has 0 saturated carbocycles. The van der Waals surface area contributed by atoms with E-state index in [-0.39, 0.29) is 0 Å². The van der Waals surface area contributed by atoms with E-state index in [1.54, 1.807) is 4.81 Å². The summed E-state index contributed by atoms with van der Waals surface area (Å²) in [6, 6.07) is 0.477. The predicted octanol–water partition coefficient (Wildman–Crippen LogP) is 2.07. The molecular weight excluding hydrogens is 133 g/mol. The molecule has 0 spiro atoms. The summed E-state index contributed by atoms with van der Waals surface area (Å²) in [4.78, 5) is 1.80. The number of nitrogens with zero attached hydrogens (tertiary/aromatic N) is 1. The van der Waals surface area contributed by atoms with Crippen LogP contribution in [0, 0.1) is 11.8 Å². The smallest absolute Gasteiger partial charge is 0.182 e. The summed E-state index contributed by atoms with van der Waals surface area (Å²) in [7, 11) is 7.60. The van der Waals surface area contributed by atoms with E-state index in [1.165, 1.54) is 6.42 Å². The van der Waals surface area contributed by atoms with E-state index in [9.17, 15) is 0 Å². The summed E-state index contributed by atoms with van der Waals surface area (Å²) in [5.41, 5.74) is 0. The minimum Gasteiger partial charge on any atom is -0.354 e. The van der Waals surface area contributed by atoms with Gasteiger partial charge in [0, 0.05) is 0 Å². The second kappa shape index (κ2) is 4.81. The second-order valence-electron chi connectivity index (χ2n) is 3.65. The molecule has 2 heteroatoms. The molecule has 0 aromatic rings. The average molecular weight is 153 g/mol. The molecule has 2 radical (unpaired) electrons. The molecule has 0 aromatic heterocycles. The predicted molar refractivity (Wildman–Crippen MR) is 51.6 cm³/mol. The Morgan fingerprint density at radius 2 is 1.73 bits per heavy atom. The van der Waals surface area contributed by atoms with Crippen molar-refractivity contribution in [2.45, 2.75) is 40.2 Å². The van der Waals surface area contributed by atoms with Gasteiger partial charge in [0.25, 0.3) is 0 Å². The highest BCUT2D eigenvalue weighted by Crippen LogP contribution is 2.20. The van der Waals surface area contributed by atoms with Gasteiger partial charge in [-0.25, -0.2) is 0 Å². The van der Waals surface area contributed by atoms with Gasteiger partial charge in [0.1, 0.15) is 0 Å². The fourth-order valence-electron chi connectivity index (χ4n) is 1.22. The Bertz CT molecular complexity index is 104. The maximum atomic E-state index is 5.66. The summed E-state index contributed by atoms with van der Waals surface area (Å²) in [6.07, 6.45) is 1.24. The van der Waals surface area contributed by atoms with Crippen molar-refractivity contribution < 1.29 is 0 Å². The lowest BCUT2D eigenvalue weighted by Gasteiger charge is -2.30. The van der Waals surface area contributed by atoms with Crippen LogP contribution in [0.2, 0.25) is 0 Å².